The summed E-state index contributed by atoms with van der Waals surface area (Å²) in [4.78, 5) is 20.6. The summed E-state index contributed by atoms with van der Waals surface area (Å²) >= 11 is 0. The predicted molar refractivity (Wildman–Crippen MR) is 123 cm³/mol. The zero-order chi connectivity index (χ0) is 21.5. The van der Waals surface area contributed by atoms with Crippen LogP contribution in [-0.2, 0) is 11.3 Å². The Morgan fingerprint density at radius 1 is 1.03 bits per heavy atom. The molecule has 0 saturated carbocycles. The van der Waals surface area contributed by atoms with Crippen molar-refractivity contribution in [3.05, 3.63) is 54.1 Å². The number of rotatable bonds is 8. The van der Waals surface area contributed by atoms with Crippen LogP contribution in [0.15, 0.2) is 48.5 Å². The lowest BCUT2D eigenvalue weighted by Gasteiger charge is -2.36. The number of amides is 1. The molecule has 1 N–H and O–H groups in total. The molecule has 1 aliphatic rings. The monoisotopic (exact) mass is 411 g/mol. The standard InChI is InChI=1S/C24H34N4O2/c1-5-26(18-20-10-12-21(13-11-20)25(2)3)19-24(29)28-16-14-27(15-17-28)22-8-6-7-9-23(22)30-4/h6-13H,5,14-19H2,1-4H3/p+1. The van der Waals surface area contributed by atoms with Crippen molar-refractivity contribution >= 4 is 17.3 Å². The van der Waals surface area contributed by atoms with Gasteiger partial charge in [-0.25, -0.2) is 0 Å². The summed E-state index contributed by atoms with van der Waals surface area (Å²) in [6.07, 6.45) is 0. The first kappa shape index (κ1) is 22.0. The molecule has 1 fully saturated rings. The first-order valence-electron chi connectivity index (χ1n) is 10.8. The van der Waals surface area contributed by atoms with Gasteiger partial charge in [0, 0.05) is 51.5 Å². The third kappa shape index (κ3) is 5.45. The van der Waals surface area contributed by atoms with Crippen molar-refractivity contribution < 1.29 is 14.4 Å². The maximum absolute atomic E-state index is 12.9. The number of piperazine rings is 1. The smallest absolute Gasteiger partial charge is 0.277 e. The van der Waals surface area contributed by atoms with Crippen molar-refractivity contribution in [2.24, 2.45) is 0 Å². The summed E-state index contributed by atoms with van der Waals surface area (Å²) in [5.41, 5.74) is 3.57. The summed E-state index contributed by atoms with van der Waals surface area (Å²) in [5.74, 6) is 1.13. The number of nitrogens with one attached hydrogen (secondary N) is 1. The first-order chi connectivity index (χ1) is 14.5. The van der Waals surface area contributed by atoms with Crippen molar-refractivity contribution in [1.82, 2.24) is 4.90 Å². The van der Waals surface area contributed by atoms with E-state index in [4.69, 9.17) is 4.74 Å². The highest BCUT2D eigenvalue weighted by Gasteiger charge is 2.25. The van der Waals surface area contributed by atoms with Crippen LogP contribution in [0, 0.1) is 0 Å². The maximum Gasteiger partial charge on any atom is 0.277 e. The highest BCUT2D eigenvalue weighted by Crippen LogP contribution is 2.28. The van der Waals surface area contributed by atoms with E-state index in [2.05, 4.69) is 47.1 Å². The minimum Gasteiger partial charge on any atom is -0.495 e. The summed E-state index contributed by atoms with van der Waals surface area (Å²) in [5, 5.41) is 0. The van der Waals surface area contributed by atoms with Gasteiger partial charge in [-0.05, 0) is 31.2 Å². The number of nitrogens with zero attached hydrogens (tertiary/aromatic N) is 3. The van der Waals surface area contributed by atoms with Crippen molar-refractivity contribution in [2.75, 3.05) is 70.3 Å². The molecule has 1 unspecified atom stereocenters. The molecule has 0 radical (unpaired) electrons. The number of para-hydroxylation sites is 2. The van der Waals surface area contributed by atoms with Gasteiger partial charge in [0.15, 0.2) is 6.54 Å². The van der Waals surface area contributed by atoms with Crippen LogP contribution in [0.1, 0.15) is 12.5 Å². The highest BCUT2D eigenvalue weighted by atomic mass is 16.5. The van der Waals surface area contributed by atoms with E-state index in [0.29, 0.717) is 6.54 Å². The van der Waals surface area contributed by atoms with Crippen molar-refractivity contribution in [3.63, 3.8) is 0 Å². The van der Waals surface area contributed by atoms with Crippen LogP contribution < -0.4 is 19.4 Å². The fourth-order valence-corrected chi connectivity index (χ4v) is 3.93. The van der Waals surface area contributed by atoms with Gasteiger partial charge in [-0.3, -0.25) is 4.79 Å². The lowest BCUT2D eigenvalue weighted by molar-refractivity contribution is -0.904. The Morgan fingerprint density at radius 3 is 2.30 bits per heavy atom. The Morgan fingerprint density at radius 2 is 1.70 bits per heavy atom. The van der Waals surface area contributed by atoms with Gasteiger partial charge in [-0.1, -0.05) is 24.3 Å². The van der Waals surface area contributed by atoms with E-state index in [-0.39, 0.29) is 5.91 Å². The molecular formula is C24H35N4O2+. The van der Waals surface area contributed by atoms with Gasteiger partial charge >= 0.3 is 0 Å². The SMILES string of the molecule is CC[NH+](CC(=O)N1CCN(c2ccccc2OC)CC1)Cc1ccc(N(C)C)cc1. The van der Waals surface area contributed by atoms with Crippen LogP contribution in [0.3, 0.4) is 0 Å². The molecule has 0 spiro atoms. The fraction of sp³-hybridized carbons (Fsp3) is 0.458. The third-order valence-corrected chi connectivity index (χ3v) is 5.87. The van der Waals surface area contributed by atoms with Gasteiger partial charge in [0.25, 0.3) is 5.91 Å². The van der Waals surface area contributed by atoms with Crippen molar-refractivity contribution in [1.29, 1.82) is 0 Å². The number of ether oxygens (including phenoxy) is 1. The second kappa shape index (κ2) is 10.3. The molecule has 2 aromatic carbocycles. The number of anilines is 2. The van der Waals surface area contributed by atoms with Gasteiger partial charge in [-0.15, -0.1) is 0 Å². The number of hydrogen-bond acceptors (Lipinski definition) is 4. The molecule has 3 rings (SSSR count). The summed E-state index contributed by atoms with van der Waals surface area (Å²) in [7, 11) is 5.80. The Balaban J connectivity index is 1.52. The molecule has 162 valence electrons. The summed E-state index contributed by atoms with van der Waals surface area (Å²) in [6.45, 7) is 7.67. The Hall–Kier alpha value is -2.73. The van der Waals surface area contributed by atoms with Gasteiger partial charge in [-0.2, -0.15) is 0 Å². The molecule has 2 aromatic rings. The average molecular weight is 412 g/mol. The average Bonchev–Trinajstić information content (AvgIpc) is 2.79. The lowest BCUT2D eigenvalue weighted by Crippen LogP contribution is -3.11. The van der Waals surface area contributed by atoms with Crippen LogP contribution in [-0.4, -0.2) is 71.3 Å². The van der Waals surface area contributed by atoms with E-state index in [1.807, 2.05) is 37.2 Å². The zero-order valence-electron chi connectivity index (χ0n) is 18.7. The number of benzene rings is 2. The van der Waals surface area contributed by atoms with Crippen LogP contribution in [0.5, 0.6) is 5.75 Å². The van der Waals surface area contributed by atoms with E-state index in [9.17, 15) is 4.79 Å². The summed E-state index contributed by atoms with van der Waals surface area (Å²) < 4.78 is 5.49. The van der Waals surface area contributed by atoms with E-state index >= 15 is 0 Å². The zero-order valence-corrected chi connectivity index (χ0v) is 18.7. The lowest BCUT2D eigenvalue weighted by atomic mass is 10.2. The van der Waals surface area contributed by atoms with E-state index < -0.39 is 0 Å². The molecule has 0 bridgehead atoms. The second-order valence-corrected chi connectivity index (χ2v) is 8.06. The van der Waals surface area contributed by atoms with Gasteiger partial charge in [0.2, 0.25) is 0 Å². The number of methoxy groups -OCH3 is 1. The predicted octanol–water partition coefficient (Wildman–Crippen LogP) is 1.51. The third-order valence-electron chi connectivity index (χ3n) is 5.87. The molecule has 1 saturated heterocycles. The minimum atomic E-state index is 0.247. The fourth-order valence-electron chi connectivity index (χ4n) is 3.93. The van der Waals surface area contributed by atoms with Crippen molar-refractivity contribution in [2.45, 2.75) is 13.5 Å². The Kier molecular flexibility index (Phi) is 7.57. The molecule has 0 aromatic heterocycles. The molecule has 1 heterocycles. The number of likely N-dealkylation sites (N-methyl/N-ethyl adjacent to an activating group) is 1. The van der Waals surface area contributed by atoms with E-state index in [0.717, 1.165) is 50.7 Å². The number of carbonyl (C=O) groups excluding carboxylic acids is 1. The van der Waals surface area contributed by atoms with Gasteiger partial charge in [0.05, 0.1) is 19.3 Å². The highest BCUT2D eigenvalue weighted by molar-refractivity contribution is 5.77. The van der Waals surface area contributed by atoms with Crippen molar-refractivity contribution in [3.8, 4) is 5.75 Å². The topological polar surface area (TPSA) is 40.5 Å². The molecule has 1 aliphatic heterocycles. The van der Waals surface area contributed by atoms with Crippen LogP contribution in [0.2, 0.25) is 0 Å². The molecule has 6 heteroatoms. The maximum atomic E-state index is 12.9. The Bertz CT molecular complexity index is 814. The van der Waals surface area contributed by atoms with Gasteiger partial charge in [0.1, 0.15) is 12.3 Å². The molecule has 1 atom stereocenters. The minimum absolute atomic E-state index is 0.247. The molecule has 30 heavy (non-hydrogen) atoms. The molecule has 1 amide bonds. The number of hydrogen-bond donors (Lipinski definition) is 1. The van der Waals surface area contributed by atoms with E-state index in [1.165, 1.54) is 16.2 Å². The van der Waals surface area contributed by atoms with Crippen LogP contribution in [0.4, 0.5) is 11.4 Å². The van der Waals surface area contributed by atoms with Gasteiger partial charge < -0.3 is 24.3 Å². The summed E-state index contributed by atoms with van der Waals surface area (Å²) in [6, 6.07) is 16.7. The largest absolute Gasteiger partial charge is 0.495 e. The number of carbonyl (C=O) groups is 1. The normalized spacial score (nSPS) is 15.1. The molecular weight excluding hydrogens is 376 g/mol. The second-order valence-electron chi connectivity index (χ2n) is 8.06. The molecule has 6 nitrogen and oxygen atoms in total. The van der Waals surface area contributed by atoms with Crippen LogP contribution >= 0.6 is 0 Å². The van der Waals surface area contributed by atoms with Crippen LogP contribution in [0.25, 0.3) is 0 Å². The quantitative estimate of drug-likeness (QED) is 0.715. The first-order valence-corrected chi connectivity index (χ1v) is 10.8. The molecule has 0 aliphatic carbocycles. The van der Waals surface area contributed by atoms with E-state index in [1.54, 1.807) is 7.11 Å². The number of quaternary nitrogens is 1. The Labute approximate surface area is 180 Å².